The van der Waals surface area contributed by atoms with Crippen LogP contribution in [0.5, 0.6) is 0 Å². The first-order valence-electron chi connectivity index (χ1n) is 5.41. The van der Waals surface area contributed by atoms with Gasteiger partial charge in [-0.25, -0.2) is 4.79 Å². The van der Waals surface area contributed by atoms with E-state index in [1.807, 2.05) is 13.8 Å². The number of hydrogen-bond donors (Lipinski definition) is 2. The smallest absolute Gasteiger partial charge is 0.378 e. The minimum atomic E-state index is -4.69. The van der Waals surface area contributed by atoms with Gasteiger partial charge in [0.05, 0.1) is 13.1 Å². The molecule has 17 heavy (non-hydrogen) atoms. The second-order valence-electron chi connectivity index (χ2n) is 4.87. The number of likely N-dealkylation sites (tertiary alicyclic amines) is 1. The summed E-state index contributed by atoms with van der Waals surface area (Å²) in [6.45, 7) is 4.17. The Hall–Kier alpha value is -0.980. The Morgan fingerprint density at radius 3 is 2.18 bits per heavy atom. The van der Waals surface area contributed by atoms with Crippen LogP contribution in [0, 0.1) is 5.92 Å². The van der Waals surface area contributed by atoms with Gasteiger partial charge in [0, 0.05) is 6.04 Å². The topological polar surface area (TPSA) is 52.6 Å². The van der Waals surface area contributed by atoms with E-state index >= 15 is 0 Å². The first kappa shape index (κ1) is 14.1. The molecule has 0 radical (unpaired) electrons. The quantitative estimate of drug-likeness (QED) is 0.781. The van der Waals surface area contributed by atoms with E-state index in [1.54, 1.807) is 6.92 Å². The molecule has 7 heteroatoms. The van der Waals surface area contributed by atoms with Crippen molar-refractivity contribution in [2.75, 3.05) is 13.1 Å². The van der Waals surface area contributed by atoms with Crippen molar-refractivity contribution in [2.24, 2.45) is 5.92 Å². The molecule has 4 nitrogen and oxygen atoms in total. The summed E-state index contributed by atoms with van der Waals surface area (Å²) < 4.78 is 36.9. The van der Waals surface area contributed by atoms with Crippen molar-refractivity contribution in [3.63, 3.8) is 0 Å². The van der Waals surface area contributed by atoms with E-state index in [0.29, 0.717) is 0 Å². The number of β-amino-alcohol motifs (C(OH)–C–C–N with tert-alkyl or cyclic N) is 1. The third kappa shape index (κ3) is 2.83. The molecule has 100 valence electrons. The summed E-state index contributed by atoms with van der Waals surface area (Å²) in [6.07, 6.45) is -4.69. The van der Waals surface area contributed by atoms with E-state index in [1.165, 1.54) is 0 Å². The maximum atomic E-state index is 12.3. The van der Waals surface area contributed by atoms with E-state index in [2.05, 4.69) is 5.32 Å². The summed E-state index contributed by atoms with van der Waals surface area (Å²) in [5.74, 6) is 0.196. The van der Waals surface area contributed by atoms with Crippen LogP contribution in [0.2, 0.25) is 0 Å². The largest absolute Gasteiger partial charge is 0.420 e. The monoisotopic (exact) mass is 254 g/mol. The average Bonchev–Trinajstić information content (AvgIpc) is 2.10. The van der Waals surface area contributed by atoms with Gasteiger partial charge in [-0.05, 0) is 12.8 Å². The number of alkyl halides is 3. The fourth-order valence-corrected chi connectivity index (χ4v) is 1.36. The lowest BCUT2D eigenvalue weighted by Crippen LogP contribution is -2.71. The summed E-state index contributed by atoms with van der Waals surface area (Å²) >= 11 is 0. The zero-order chi connectivity index (χ0) is 13.4. The number of nitrogens with one attached hydrogen (secondary N) is 1. The number of hydrogen-bond acceptors (Lipinski definition) is 2. The highest BCUT2D eigenvalue weighted by Crippen LogP contribution is 2.37. The van der Waals surface area contributed by atoms with Crippen LogP contribution in [0.15, 0.2) is 0 Å². The molecule has 1 fully saturated rings. The number of carbonyl (C=O) groups is 1. The molecule has 1 atom stereocenters. The van der Waals surface area contributed by atoms with Crippen molar-refractivity contribution in [1.82, 2.24) is 10.2 Å². The molecular formula is C10H17F3N2O2. The number of nitrogens with zero attached hydrogens (tertiary/aromatic N) is 1. The van der Waals surface area contributed by atoms with Gasteiger partial charge in [-0.2, -0.15) is 13.2 Å². The Morgan fingerprint density at radius 2 is 1.82 bits per heavy atom. The Labute approximate surface area is 97.8 Å². The fourth-order valence-electron chi connectivity index (χ4n) is 1.36. The molecule has 0 aromatic heterocycles. The van der Waals surface area contributed by atoms with Crippen LogP contribution in [0.25, 0.3) is 0 Å². The van der Waals surface area contributed by atoms with Crippen LogP contribution in [-0.4, -0.2) is 46.9 Å². The second kappa shape index (κ2) is 4.36. The van der Waals surface area contributed by atoms with Gasteiger partial charge in [0.15, 0.2) is 5.60 Å². The van der Waals surface area contributed by atoms with Gasteiger partial charge in [0.1, 0.15) is 0 Å². The summed E-state index contributed by atoms with van der Waals surface area (Å²) in [7, 11) is 0. The molecule has 0 saturated carbocycles. The Kier molecular flexibility index (Phi) is 3.61. The predicted molar refractivity (Wildman–Crippen MR) is 55.4 cm³/mol. The van der Waals surface area contributed by atoms with E-state index in [9.17, 15) is 18.0 Å². The highest BCUT2D eigenvalue weighted by molar-refractivity contribution is 5.75. The van der Waals surface area contributed by atoms with Crippen LogP contribution >= 0.6 is 0 Å². The third-order valence-corrected chi connectivity index (χ3v) is 3.07. The summed E-state index contributed by atoms with van der Waals surface area (Å²) in [4.78, 5) is 12.4. The van der Waals surface area contributed by atoms with Crippen molar-refractivity contribution in [3.05, 3.63) is 0 Å². The maximum absolute atomic E-state index is 12.3. The van der Waals surface area contributed by atoms with Gasteiger partial charge < -0.3 is 15.3 Å². The van der Waals surface area contributed by atoms with Crippen LogP contribution in [-0.2, 0) is 0 Å². The minimum absolute atomic E-state index is 0.123. The van der Waals surface area contributed by atoms with Crippen LogP contribution < -0.4 is 5.32 Å². The van der Waals surface area contributed by atoms with Crippen molar-refractivity contribution >= 4 is 6.03 Å². The molecule has 1 heterocycles. The molecule has 0 spiro atoms. The molecular weight excluding hydrogens is 237 g/mol. The Morgan fingerprint density at radius 1 is 1.35 bits per heavy atom. The normalized spacial score (nSPS) is 21.1. The van der Waals surface area contributed by atoms with Crippen molar-refractivity contribution in [2.45, 2.75) is 38.6 Å². The lowest BCUT2D eigenvalue weighted by atomic mass is 9.94. The van der Waals surface area contributed by atoms with E-state index < -0.39 is 30.9 Å². The SMILES string of the molecule is CC(C)[C@@H](C)NC(=O)N1CC(O)(C(F)(F)F)C1. The molecule has 0 aliphatic carbocycles. The molecule has 1 aliphatic heterocycles. The van der Waals surface area contributed by atoms with E-state index in [-0.39, 0.29) is 12.0 Å². The molecule has 2 N–H and O–H groups in total. The molecule has 0 aromatic carbocycles. The zero-order valence-electron chi connectivity index (χ0n) is 10.0. The van der Waals surface area contributed by atoms with Gasteiger partial charge in [0.25, 0.3) is 0 Å². The number of amides is 2. The predicted octanol–water partition coefficient (Wildman–Crippen LogP) is 1.35. The van der Waals surface area contributed by atoms with Crippen molar-refractivity contribution in [1.29, 1.82) is 0 Å². The number of urea groups is 1. The molecule has 0 unspecified atom stereocenters. The zero-order valence-corrected chi connectivity index (χ0v) is 10.0. The molecule has 1 saturated heterocycles. The molecule has 1 rings (SSSR count). The van der Waals surface area contributed by atoms with Gasteiger partial charge in [-0.1, -0.05) is 13.8 Å². The third-order valence-electron chi connectivity index (χ3n) is 3.07. The van der Waals surface area contributed by atoms with E-state index in [4.69, 9.17) is 5.11 Å². The maximum Gasteiger partial charge on any atom is 0.420 e. The van der Waals surface area contributed by atoms with E-state index in [0.717, 1.165) is 4.90 Å². The van der Waals surface area contributed by atoms with Crippen LogP contribution in [0.1, 0.15) is 20.8 Å². The first-order valence-corrected chi connectivity index (χ1v) is 5.41. The number of aliphatic hydroxyl groups is 1. The number of rotatable bonds is 2. The minimum Gasteiger partial charge on any atom is -0.378 e. The average molecular weight is 254 g/mol. The van der Waals surface area contributed by atoms with Crippen molar-refractivity contribution in [3.8, 4) is 0 Å². The van der Waals surface area contributed by atoms with Crippen molar-refractivity contribution < 1.29 is 23.1 Å². The van der Waals surface area contributed by atoms with Gasteiger partial charge in [-0.15, -0.1) is 0 Å². The highest BCUT2D eigenvalue weighted by atomic mass is 19.4. The first-order chi connectivity index (χ1) is 7.57. The molecule has 0 aromatic rings. The molecule has 0 bridgehead atoms. The lowest BCUT2D eigenvalue weighted by Gasteiger charge is -2.47. The lowest BCUT2D eigenvalue weighted by molar-refractivity contribution is -0.294. The number of halogens is 3. The fraction of sp³-hybridized carbons (Fsp3) is 0.900. The van der Waals surface area contributed by atoms with Gasteiger partial charge >= 0.3 is 12.2 Å². The van der Waals surface area contributed by atoms with Crippen LogP contribution in [0.3, 0.4) is 0 Å². The number of carbonyl (C=O) groups excluding carboxylic acids is 1. The standard InChI is InChI=1S/C10H17F3N2O2/c1-6(2)7(3)14-8(16)15-4-9(17,5-15)10(11,12)13/h6-7,17H,4-5H2,1-3H3,(H,14,16)/t7-/m1/s1. The highest BCUT2D eigenvalue weighted by Gasteiger charge is 2.62. The second-order valence-corrected chi connectivity index (χ2v) is 4.87. The Bertz CT molecular complexity index is 298. The summed E-state index contributed by atoms with van der Waals surface area (Å²) in [6, 6.07) is -0.692. The summed E-state index contributed by atoms with van der Waals surface area (Å²) in [5.41, 5.74) is -2.74. The summed E-state index contributed by atoms with van der Waals surface area (Å²) in [5, 5.41) is 11.7. The van der Waals surface area contributed by atoms with Crippen LogP contribution in [0.4, 0.5) is 18.0 Å². The van der Waals surface area contributed by atoms with Gasteiger partial charge in [-0.3, -0.25) is 0 Å². The molecule has 2 amide bonds. The van der Waals surface area contributed by atoms with Gasteiger partial charge in [0.2, 0.25) is 0 Å². The molecule has 1 aliphatic rings. The Balaban J connectivity index is 2.46.